The number of nitrogens with one attached hydrogen (secondary N) is 1. The third-order valence-electron chi connectivity index (χ3n) is 4.39. The predicted octanol–water partition coefficient (Wildman–Crippen LogP) is 3.36. The van der Waals surface area contributed by atoms with Crippen molar-refractivity contribution in [2.75, 3.05) is 0 Å². The molecule has 0 fully saturated rings. The lowest BCUT2D eigenvalue weighted by molar-refractivity contribution is 0.0946. The highest BCUT2D eigenvalue weighted by Crippen LogP contribution is 2.26. The van der Waals surface area contributed by atoms with Gasteiger partial charge in [0.05, 0.1) is 5.52 Å². The Morgan fingerprint density at radius 2 is 1.81 bits per heavy atom. The first-order valence-electron chi connectivity index (χ1n) is 8.71. The quantitative estimate of drug-likeness (QED) is 0.741. The van der Waals surface area contributed by atoms with Crippen molar-refractivity contribution in [1.82, 2.24) is 9.88 Å². The molecule has 0 aliphatic heterocycles. The van der Waals surface area contributed by atoms with Crippen molar-refractivity contribution < 1.29 is 9.90 Å². The molecule has 1 heterocycles. The lowest BCUT2D eigenvalue weighted by atomic mass is 10.1. The molecule has 3 rings (SSSR count). The number of aromatic nitrogens is 1. The normalized spacial score (nSPS) is 10.8. The summed E-state index contributed by atoms with van der Waals surface area (Å²) in [5.41, 5.74) is 2.02. The summed E-state index contributed by atoms with van der Waals surface area (Å²) in [4.78, 5) is 25.5. The molecule has 1 aromatic heterocycles. The molecule has 5 heteroatoms. The van der Waals surface area contributed by atoms with E-state index >= 15 is 0 Å². The Labute approximate surface area is 151 Å². The maximum Gasteiger partial charge on any atom is 0.267 e. The largest absolute Gasteiger partial charge is 0.506 e. The zero-order valence-corrected chi connectivity index (χ0v) is 15.0. The van der Waals surface area contributed by atoms with E-state index in [0.717, 1.165) is 17.5 Å². The summed E-state index contributed by atoms with van der Waals surface area (Å²) in [5.74, 6) is -0.831. The molecule has 2 aromatic carbocycles. The lowest BCUT2D eigenvalue weighted by Gasteiger charge is -2.14. The SMILES string of the molecule is CCCn1c(=O)c(C(=O)NCc2ccc(C)cc2)c(O)c2ccccc21. The summed E-state index contributed by atoms with van der Waals surface area (Å²) in [7, 11) is 0. The smallest absolute Gasteiger partial charge is 0.267 e. The molecule has 5 nitrogen and oxygen atoms in total. The van der Waals surface area contributed by atoms with Crippen LogP contribution in [0.4, 0.5) is 0 Å². The summed E-state index contributed by atoms with van der Waals surface area (Å²) >= 11 is 0. The molecular weight excluding hydrogens is 328 g/mol. The zero-order valence-electron chi connectivity index (χ0n) is 15.0. The van der Waals surface area contributed by atoms with Crippen LogP contribution in [0, 0.1) is 6.92 Å². The van der Waals surface area contributed by atoms with Gasteiger partial charge in [0.2, 0.25) is 0 Å². The van der Waals surface area contributed by atoms with Crippen molar-refractivity contribution in [3.05, 3.63) is 75.6 Å². The fraction of sp³-hybridized carbons (Fsp3) is 0.238. The summed E-state index contributed by atoms with van der Waals surface area (Å²) in [6.45, 7) is 4.73. The first kappa shape index (κ1) is 17.7. The summed E-state index contributed by atoms with van der Waals surface area (Å²) < 4.78 is 1.55. The molecule has 3 aromatic rings. The van der Waals surface area contributed by atoms with Gasteiger partial charge in [-0.05, 0) is 31.0 Å². The summed E-state index contributed by atoms with van der Waals surface area (Å²) in [6, 6.07) is 14.8. The maximum absolute atomic E-state index is 12.8. The van der Waals surface area contributed by atoms with Crippen LogP contribution in [-0.2, 0) is 13.1 Å². The van der Waals surface area contributed by atoms with Gasteiger partial charge in [0.1, 0.15) is 11.3 Å². The van der Waals surface area contributed by atoms with Crippen LogP contribution in [0.5, 0.6) is 5.75 Å². The van der Waals surface area contributed by atoms with E-state index in [0.29, 0.717) is 24.0 Å². The van der Waals surface area contributed by atoms with Gasteiger partial charge >= 0.3 is 0 Å². The number of benzene rings is 2. The van der Waals surface area contributed by atoms with E-state index in [9.17, 15) is 14.7 Å². The van der Waals surface area contributed by atoms with Crippen molar-refractivity contribution in [1.29, 1.82) is 0 Å². The average molecular weight is 350 g/mol. The fourth-order valence-electron chi connectivity index (χ4n) is 3.02. The van der Waals surface area contributed by atoms with Gasteiger partial charge in [0.25, 0.3) is 11.5 Å². The standard InChI is InChI=1S/C21H22N2O3/c1-3-12-23-17-7-5-4-6-16(17)19(24)18(21(23)26)20(25)22-13-15-10-8-14(2)9-11-15/h4-11,24H,3,12-13H2,1-2H3,(H,22,25). The highest BCUT2D eigenvalue weighted by Gasteiger charge is 2.21. The average Bonchev–Trinajstić information content (AvgIpc) is 2.65. The van der Waals surface area contributed by atoms with Gasteiger partial charge in [0.15, 0.2) is 0 Å². The van der Waals surface area contributed by atoms with Gasteiger partial charge in [-0.2, -0.15) is 0 Å². The minimum Gasteiger partial charge on any atom is -0.506 e. The monoisotopic (exact) mass is 350 g/mol. The number of fused-ring (bicyclic) bond motifs is 1. The second kappa shape index (κ2) is 7.44. The number of hydrogen-bond donors (Lipinski definition) is 2. The molecule has 0 spiro atoms. The van der Waals surface area contributed by atoms with E-state index < -0.39 is 11.5 Å². The fourth-order valence-corrected chi connectivity index (χ4v) is 3.02. The molecule has 0 saturated heterocycles. The van der Waals surface area contributed by atoms with Gasteiger partial charge in [-0.3, -0.25) is 9.59 Å². The molecule has 0 bridgehead atoms. The number of carbonyl (C=O) groups excluding carboxylic acids is 1. The molecule has 2 N–H and O–H groups in total. The van der Waals surface area contributed by atoms with Crippen molar-refractivity contribution in [2.45, 2.75) is 33.4 Å². The second-order valence-corrected chi connectivity index (χ2v) is 6.37. The van der Waals surface area contributed by atoms with Crippen molar-refractivity contribution >= 4 is 16.8 Å². The van der Waals surface area contributed by atoms with Crippen molar-refractivity contribution in [3.8, 4) is 5.75 Å². The Bertz CT molecular complexity index is 1000. The summed E-state index contributed by atoms with van der Waals surface area (Å²) in [6.07, 6.45) is 0.749. The van der Waals surface area contributed by atoms with E-state index in [4.69, 9.17) is 0 Å². The van der Waals surface area contributed by atoms with E-state index in [2.05, 4.69) is 5.32 Å². The minimum atomic E-state index is -0.566. The molecule has 0 radical (unpaired) electrons. The molecule has 0 unspecified atom stereocenters. The number of para-hydroxylation sites is 1. The number of aromatic hydroxyl groups is 1. The zero-order chi connectivity index (χ0) is 18.7. The number of amides is 1. The van der Waals surface area contributed by atoms with Crippen LogP contribution >= 0.6 is 0 Å². The molecule has 134 valence electrons. The van der Waals surface area contributed by atoms with Crippen molar-refractivity contribution in [2.24, 2.45) is 0 Å². The number of hydrogen-bond acceptors (Lipinski definition) is 3. The number of aryl methyl sites for hydroxylation is 2. The van der Waals surface area contributed by atoms with E-state index in [1.54, 1.807) is 22.8 Å². The van der Waals surface area contributed by atoms with Gasteiger partial charge in [0, 0.05) is 18.5 Å². The Morgan fingerprint density at radius 1 is 1.12 bits per heavy atom. The number of nitrogens with zero attached hydrogens (tertiary/aromatic N) is 1. The molecule has 26 heavy (non-hydrogen) atoms. The Balaban J connectivity index is 1.99. The van der Waals surface area contributed by atoms with E-state index in [-0.39, 0.29) is 11.3 Å². The van der Waals surface area contributed by atoms with Gasteiger partial charge in [-0.1, -0.05) is 48.9 Å². The Hall–Kier alpha value is -3.08. The highest BCUT2D eigenvalue weighted by molar-refractivity contribution is 6.02. The molecule has 1 amide bonds. The first-order chi connectivity index (χ1) is 12.5. The third-order valence-corrected chi connectivity index (χ3v) is 4.39. The van der Waals surface area contributed by atoms with E-state index in [1.165, 1.54) is 0 Å². The molecule has 0 saturated carbocycles. The molecular formula is C21H22N2O3. The van der Waals surface area contributed by atoms with Gasteiger partial charge < -0.3 is 15.0 Å². The van der Waals surface area contributed by atoms with Crippen LogP contribution in [0.25, 0.3) is 10.9 Å². The minimum absolute atomic E-state index is 0.204. The lowest BCUT2D eigenvalue weighted by Crippen LogP contribution is -2.33. The second-order valence-electron chi connectivity index (χ2n) is 6.37. The Kier molecular flexibility index (Phi) is 5.07. The Morgan fingerprint density at radius 3 is 2.50 bits per heavy atom. The maximum atomic E-state index is 12.8. The van der Waals surface area contributed by atoms with Gasteiger partial charge in [-0.25, -0.2) is 0 Å². The van der Waals surface area contributed by atoms with Gasteiger partial charge in [-0.15, -0.1) is 0 Å². The van der Waals surface area contributed by atoms with Crippen LogP contribution < -0.4 is 10.9 Å². The summed E-state index contributed by atoms with van der Waals surface area (Å²) in [5, 5.41) is 13.8. The third kappa shape index (κ3) is 3.33. The van der Waals surface area contributed by atoms with Crippen LogP contribution in [-0.4, -0.2) is 15.6 Å². The number of pyridine rings is 1. The predicted molar refractivity (Wildman–Crippen MR) is 103 cm³/mol. The topological polar surface area (TPSA) is 71.3 Å². The highest BCUT2D eigenvalue weighted by atomic mass is 16.3. The first-order valence-corrected chi connectivity index (χ1v) is 8.71. The van der Waals surface area contributed by atoms with Crippen LogP contribution in [0.15, 0.2) is 53.3 Å². The van der Waals surface area contributed by atoms with Crippen LogP contribution in [0.3, 0.4) is 0 Å². The molecule has 0 atom stereocenters. The van der Waals surface area contributed by atoms with Crippen LogP contribution in [0.1, 0.15) is 34.8 Å². The molecule has 0 aliphatic rings. The number of rotatable bonds is 5. The van der Waals surface area contributed by atoms with Crippen LogP contribution in [0.2, 0.25) is 0 Å². The van der Waals surface area contributed by atoms with Crippen molar-refractivity contribution in [3.63, 3.8) is 0 Å². The van der Waals surface area contributed by atoms with E-state index in [1.807, 2.05) is 44.2 Å². The number of carbonyl (C=O) groups is 1. The molecule has 0 aliphatic carbocycles.